The van der Waals surface area contributed by atoms with E-state index < -0.39 is 35.3 Å². The van der Waals surface area contributed by atoms with Crippen LogP contribution in [0.2, 0.25) is 0 Å². The molecular formula is C12H19N3O5. The first kappa shape index (κ1) is 14.9. The van der Waals surface area contributed by atoms with Crippen LogP contribution in [0.1, 0.15) is 19.6 Å². The average molecular weight is 285 g/mol. The number of nitrogens with one attached hydrogen (secondary N) is 1. The van der Waals surface area contributed by atoms with Gasteiger partial charge in [-0.25, -0.2) is 4.79 Å². The van der Waals surface area contributed by atoms with Crippen molar-refractivity contribution in [3.63, 3.8) is 0 Å². The molecule has 4 N–H and O–H groups in total. The summed E-state index contributed by atoms with van der Waals surface area (Å²) >= 11 is 0. The molecule has 1 saturated heterocycles. The number of rotatable bonds is 4. The first-order valence-corrected chi connectivity index (χ1v) is 6.39. The number of hydrogen-bond acceptors (Lipinski definition) is 6. The Bertz CT molecular complexity index is 577. The molecule has 4 atom stereocenters. The van der Waals surface area contributed by atoms with Gasteiger partial charge >= 0.3 is 5.69 Å². The molecule has 2 rings (SSSR count). The number of aliphatic hydroxyl groups excluding tert-OH is 1. The molecule has 0 spiro atoms. The lowest BCUT2D eigenvalue weighted by Gasteiger charge is -2.29. The van der Waals surface area contributed by atoms with Crippen LogP contribution in [0.25, 0.3) is 0 Å². The van der Waals surface area contributed by atoms with Crippen molar-refractivity contribution in [1.29, 1.82) is 0 Å². The van der Waals surface area contributed by atoms with Crippen LogP contribution in [0.15, 0.2) is 21.9 Å². The van der Waals surface area contributed by atoms with Gasteiger partial charge in [0.2, 0.25) is 0 Å². The maximum atomic E-state index is 11.8. The molecule has 0 aromatic carbocycles. The second-order valence-electron chi connectivity index (χ2n) is 4.79. The normalized spacial score (nSPS) is 33.5. The smallest absolute Gasteiger partial charge is 0.330 e. The standard InChI is InChI=1S/C12H19N3O5/c1-3-12(6-13)9(17)8(19-2)10(20-12)15-5-4-7(16)14-11(15)18/h4-5,8-10,17H,3,6,13H2,1-2H3,(H,14,16,18)/t8-,9?,10+,12-/m0/s1. The summed E-state index contributed by atoms with van der Waals surface area (Å²) in [6, 6.07) is 1.21. The van der Waals surface area contributed by atoms with Crippen LogP contribution in [0, 0.1) is 0 Å². The number of nitrogens with two attached hydrogens (primary N) is 1. The molecule has 20 heavy (non-hydrogen) atoms. The zero-order valence-electron chi connectivity index (χ0n) is 11.4. The van der Waals surface area contributed by atoms with E-state index >= 15 is 0 Å². The average Bonchev–Trinajstić information content (AvgIpc) is 2.71. The van der Waals surface area contributed by atoms with Crippen LogP contribution in [0.5, 0.6) is 0 Å². The first-order valence-electron chi connectivity index (χ1n) is 6.39. The lowest BCUT2D eigenvalue weighted by atomic mass is 9.92. The maximum Gasteiger partial charge on any atom is 0.330 e. The number of ether oxygens (including phenoxy) is 2. The molecule has 1 aliphatic heterocycles. The number of H-pyrrole nitrogens is 1. The van der Waals surface area contributed by atoms with Gasteiger partial charge in [-0.1, -0.05) is 6.92 Å². The van der Waals surface area contributed by atoms with Crippen molar-refractivity contribution in [2.24, 2.45) is 5.73 Å². The molecule has 1 aromatic rings. The second-order valence-corrected chi connectivity index (χ2v) is 4.79. The van der Waals surface area contributed by atoms with Crippen molar-refractivity contribution in [3.8, 4) is 0 Å². The van der Waals surface area contributed by atoms with E-state index in [9.17, 15) is 14.7 Å². The summed E-state index contributed by atoms with van der Waals surface area (Å²) < 4.78 is 12.2. The van der Waals surface area contributed by atoms with E-state index in [0.29, 0.717) is 6.42 Å². The van der Waals surface area contributed by atoms with Gasteiger partial charge in [-0.3, -0.25) is 14.3 Å². The van der Waals surface area contributed by atoms with Crippen LogP contribution in [0.3, 0.4) is 0 Å². The van der Waals surface area contributed by atoms with Crippen molar-refractivity contribution >= 4 is 0 Å². The predicted molar refractivity (Wildman–Crippen MR) is 70.3 cm³/mol. The molecule has 0 amide bonds. The highest BCUT2D eigenvalue weighted by molar-refractivity contribution is 5.02. The Balaban J connectivity index is 2.46. The summed E-state index contributed by atoms with van der Waals surface area (Å²) in [6.45, 7) is 1.93. The Morgan fingerprint density at radius 1 is 1.60 bits per heavy atom. The number of aromatic amines is 1. The first-order chi connectivity index (χ1) is 9.49. The molecule has 1 aromatic heterocycles. The summed E-state index contributed by atoms with van der Waals surface area (Å²) in [5.74, 6) is 0. The van der Waals surface area contributed by atoms with Gasteiger partial charge in [0.25, 0.3) is 5.56 Å². The number of aliphatic hydroxyl groups is 1. The molecule has 0 bridgehead atoms. The molecular weight excluding hydrogens is 266 g/mol. The third kappa shape index (κ3) is 2.20. The fraction of sp³-hybridized carbons (Fsp3) is 0.667. The van der Waals surface area contributed by atoms with Crippen molar-refractivity contribution in [2.75, 3.05) is 13.7 Å². The minimum Gasteiger partial charge on any atom is -0.387 e. The molecule has 112 valence electrons. The van der Waals surface area contributed by atoms with Crippen LogP contribution >= 0.6 is 0 Å². The largest absolute Gasteiger partial charge is 0.387 e. The van der Waals surface area contributed by atoms with Crippen molar-refractivity contribution in [3.05, 3.63) is 33.1 Å². The van der Waals surface area contributed by atoms with Crippen molar-refractivity contribution < 1.29 is 14.6 Å². The van der Waals surface area contributed by atoms with E-state index in [4.69, 9.17) is 15.2 Å². The van der Waals surface area contributed by atoms with Crippen LogP contribution in [-0.2, 0) is 9.47 Å². The summed E-state index contributed by atoms with van der Waals surface area (Å²) in [7, 11) is 1.42. The topological polar surface area (TPSA) is 120 Å². The van der Waals surface area contributed by atoms with Gasteiger partial charge in [0, 0.05) is 25.9 Å². The highest BCUT2D eigenvalue weighted by Crippen LogP contribution is 2.39. The van der Waals surface area contributed by atoms with Crippen LogP contribution < -0.4 is 17.0 Å². The minimum atomic E-state index is -0.971. The lowest BCUT2D eigenvalue weighted by molar-refractivity contribution is -0.102. The lowest BCUT2D eigenvalue weighted by Crippen LogP contribution is -2.48. The number of methoxy groups -OCH3 is 1. The van der Waals surface area contributed by atoms with Gasteiger partial charge in [-0.05, 0) is 6.42 Å². The van der Waals surface area contributed by atoms with E-state index in [1.165, 1.54) is 23.9 Å². The van der Waals surface area contributed by atoms with Gasteiger partial charge in [-0.2, -0.15) is 0 Å². The quantitative estimate of drug-likeness (QED) is 0.622. The number of nitrogens with zero attached hydrogens (tertiary/aromatic N) is 1. The van der Waals surface area contributed by atoms with E-state index in [1.54, 1.807) is 0 Å². The molecule has 1 aliphatic rings. The van der Waals surface area contributed by atoms with Crippen molar-refractivity contribution in [1.82, 2.24) is 9.55 Å². The Labute approximate surface area is 115 Å². The summed E-state index contributed by atoms with van der Waals surface area (Å²) in [5.41, 5.74) is 3.61. The Hall–Kier alpha value is -1.48. The molecule has 1 fully saturated rings. The second kappa shape index (κ2) is 5.49. The van der Waals surface area contributed by atoms with Crippen LogP contribution in [-0.4, -0.2) is 46.1 Å². The monoisotopic (exact) mass is 285 g/mol. The molecule has 0 radical (unpaired) electrons. The van der Waals surface area contributed by atoms with E-state index in [1.807, 2.05) is 6.92 Å². The van der Waals surface area contributed by atoms with Gasteiger partial charge < -0.3 is 20.3 Å². The van der Waals surface area contributed by atoms with Crippen LogP contribution in [0.4, 0.5) is 0 Å². The Morgan fingerprint density at radius 2 is 2.30 bits per heavy atom. The van der Waals surface area contributed by atoms with E-state index in [-0.39, 0.29) is 6.54 Å². The zero-order valence-corrected chi connectivity index (χ0v) is 11.4. The number of hydrogen-bond donors (Lipinski definition) is 3. The molecule has 0 saturated carbocycles. The SMILES string of the molecule is CC[C@@]1(CN)O[C@@H](n2ccc(=O)[nH]c2=O)[C@@H](OC)C1O. The molecule has 1 unspecified atom stereocenters. The minimum absolute atomic E-state index is 0.0964. The van der Waals surface area contributed by atoms with E-state index in [0.717, 1.165) is 0 Å². The molecule has 0 aliphatic carbocycles. The van der Waals surface area contributed by atoms with Gasteiger partial charge in [0.05, 0.1) is 0 Å². The maximum absolute atomic E-state index is 11.8. The molecule has 8 nitrogen and oxygen atoms in total. The predicted octanol–water partition coefficient (Wildman–Crippen LogP) is -1.45. The molecule has 2 heterocycles. The van der Waals surface area contributed by atoms with E-state index in [2.05, 4.69) is 4.98 Å². The molecule has 8 heteroatoms. The third-order valence-electron chi connectivity index (χ3n) is 3.83. The summed E-state index contributed by atoms with van der Waals surface area (Å²) in [5, 5.41) is 10.4. The van der Waals surface area contributed by atoms with Gasteiger partial charge in [0.15, 0.2) is 6.23 Å². The zero-order chi connectivity index (χ0) is 14.9. The Kier molecular flexibility index (Phi) is 4.09. The summed E-state index contributed by atoms with van der Waals surface area (Å²) in [6.07, 6.45) is -0.775. The fourth-order valence-corrected chi connectivity index (χ4v) is 2.53. The highest BCUT2D eigenvalue weighted by Gasteiger charge is 2.54. The van der Waals surface area contributed by atoms with Gasteiger partial charge in [0.1, 0.15) is 17.8 Å². The highest BCUT2D eigenvalue weighted by atomic mass is 16.6. The van der Waals surface area contributed by atoms with Gasteiger partial charge in [-0.15, -0.1) is 0 Å². The fourth-order valence-electron chi connectivity index (χ4n) is 2.53. The third-order valence-corrected chi connectivity index (χ3v) is 3.83. The number of aromatic nitrogens is 2. The van der Waals surface area contributed by atoms with Crippen molar-refractivity contribution in [2.45, 2.75) is 37.4 Å². The summed E-state index contributed by atoms with van der Waals surface area (Å²) in [4.78, 5) is 25.1. The Morgan fingerprint density at radius 3 is 2.80 bits per heavy atom.